The van der Waals surface area contributed by atoms with Crippen molar-refractivity contribution in [1.82, 2.24) is 10.3 Å². The predicted molar refractivity (Wildman–Crippen MR) is 110 cm³/mol. The lowest BCUT2D eigenvalue weighted by Crippen LogP contribution is -2.35. The molecule has 1 aromatic carbocycles. The van der Waals surface area contributed by atoms with Gasteiger partial charge in [0.25, 0.3) is 0 Å². The number of hydrogen-bond acceptors (Lipinski definition) is 7. The van der Waals surface area contributed by atoms with Crippen molar-refractivity contribution in [1.29, 1.82) is 0 Å². The lowest BCUT2D eigenvalue weighted by Gasteiger charge is -2.14. The zero-order valence-corrected chi connectivity index (χ0v) is 15.9. The van der Waals surface area contributed by atoms with Gasteiger partial charge >= 0.3 is 0 Å². The molecule has 4 rings (SSSR count). The quantitative estimate of drug-likeness (QED) is 0.625. The molecule has 2 aromatic heterocycles. The van der Waals surface area contributed by atoms with Gasteiger partial charge in [0.1, 0.15) is 0 Å². The first-order valence-corrected chi connectivity index (χ1v) is 10.4. The van der Waals surface area contributed by atoms with Gasteiger partial charge in [-0.05, 0) is 30.0 Å². The van der Waals surface area contributed by atoms with E-state index in [1.54, 1.807) is 22.7 Å². The molecule has 7 heteroatoms. The zero-order valence-electron chi connectivity index (χ0n) is 14.2. The van der Waals surface area contributed by atoms with Gasteiger partial charge < -0.3 is 15.7 Å². The van der Waals surface area contributed by atoms with E-state index < -0.39 is 0 Å². The molecule has 0 spiro atoms. The normalized spacial score (nSPS) is 14.0. The van der Waals surface area contributed by atoms with Crippen LogP contribution >= 0.6 is 22.7 Å². The molecule has 0 aliphatic carbocycles. The molecule has 0 radical (unpaired) electrons. The second-order valence-electron chi connectivity index (χ2n) is 6.00. The van der Waals surface area contributed by atoms with Crippen LogP contribution in [0.1, 0.15) is 12.0 Å². The first-order chi connectivity index (χ1) is 12.8. The van der Waals surface area contributed by atoms with Crippen LogP contribution in [0.5, 0.6) is 0 Å². The molecule has 26 heavy (non-hydrogen) atoms. The number of thiazole rings is 1. The fourth-order valence-corrected chi connectivity index (χ4v) is 4.57. The maximum absolute atomic E-state index is 9.28. The largest absolute Gasteiger partial charge is 0.396 e. The summed E-state index contributed by atoms with van der Waals surface area (Å²) < 4.78 is 0. The second-order valence-corrected chi connectivity index (χ2v) is 7.77. The smallest absolute Gasteiger partial charge is 0.197 e. The van der Waals surface area contributed by atoms with E-state index in [9.17, 15) is 5.11 Å². The Morgan fingerprint density at radius 3 is 2.96 bits per heavy atom. The Hall–Kier alpha value is -2.22. The van der Waals surface area contributed by atoms with E-state index in [4.69, 9.17) is 4.98 Å². The van der Waals surface area contributed by atoms with Crippen LogP contribution < -0.4 is 10.6 Å². The van der Waals surface area contributed by atoms with Gasteiger partial charge in [0, 0.05) is 40.9 Å². The summed E-state index contributed by atoms with van der Waals surface area (Å²) in [7, 11) is 0. The number of nitrogens with one attached hydrogen (secondary N) is 2. The number of thiophene rings is 1. The summed E-state index contributed by atoms with van der Waals surface area (Å²) in [6, 6.07) is 10.4. The van der Waals surface area contributed by atoms with Crippen molar-refractivity contribution < 1.29 is 5.11 Å². The number of anilines is 1. The van der Waals surface area contributed by atoms with Crippen molar-refractivity contribution in [2.75, 3.05) is 25.0 Å². The number of hydrogen-bond donors (Lipinski definition) is 3. The van der Waals surface area contributed by atoms with Crippen molar-refractivity contribution in [2.45, 2.75) is 12.8 Å². The summed E-state index contributed by atoms with van der Waals surface area (Å²) >= 11 is 3.29. The summed E-state index contributed by atoms with van der Waals surface area (Å²) in [4.78, 5) is 10.3. The first-order valence-electron chi connectivity index (χ1n) is 8.62. The van der Waals surface area contributed by atoms with Crippen molar-refractivity contribution in [2.24, 2.45) is 4.99 Å². The van der Waals surface area contributed by atoms with Crippen LogP contribution in [0.15, 0.2) is 46.1 Å². The lowest BCUT2D eigenvalue weighted by atomic mass is 10.0. The molecule has 0 unspecified atom stereocenters. The molecule has 1 aliphatic rings. The number of rotatable bonds is 5. The minimum absolute atomic E-state index is 0.161. The van der Waals surface area contributed by atoms with E-state index in [1.165, 1.54) is 16.0 Å². The molecule has 3 heterocycles. The highest BCUT2D eigenvalue weighted by Crippen LogP contribution is 2.35. The van der Waals surface area contributed by atoms with Crippen LogP contribution in [-0.2, 0) is 6.42 Å². The number of aliphatic hydroxyl groups excluding tert-OH is 1. The Labute approximate surface area is 160 Å². The monoisotopic (exact) mass is 384 g/mol. The Morgan fingerprint density at radius 2 is 2.12 bits per heavy atom. The van der Waals surface area contributed by atoms with Gasteiger partial charge in [-0.3, -0.25) is 4.99 Å². The van der Waals surface area contributed by atoms with Gasteiger partial charge in [0.05, 0.1) is 5.69 Å². The topological polar surface area (TPSA) is 69.5 Å². The van der Waals surface area contributed by atoms with Crippen LogP contribution in [0.3, 0.4) is 0 Å². The summed E-state index contributed by atoms with van der Waals surface area (Å²) in [5, 5.41) is 20.8. The molecule has 0 saturated carbocycles. The molecule has 0 fully saturated rings. The third-order valence-electron chi connectivity index (χ3n) is 4.19. The Balaban J connectivity index is 1.54. The van der Waals surface area contributed by atoms with E-state index >= 15 is 0 Å². The van der Waals surface area contributed by atoms with Gasteiger partial charge in [-0.25, -0.2) is 4.98 Å². The fourth-order valence-electron chi connectivity index (χ4n) is 2.89. The molecule has 5 nitrogen and oxygen atoms in total. The molecular weight excluding hydrogens is 364 g/mol. The SMILES string of the molecule is OCCc1ccccc1-c1cc(-c2csc(NC3=NCCCN3)n2)cs1. The molecule has 1 aliphatic heterocycles. The summed E-state index contributed by atoms with van der Waals surface area (Å²) in [6.45, 7) is 1.97. The third kappa shape index (κ3) is 3.80. The number of aliphatic imine (C=N–C) groups is 1. The van der Waals surface area contributed by atoms with Crippen molar-refractivity contribution in [3.63, 3.8) is 0 Å². The number of aliphatic hydroxyl groups is 1. The second kappa shape index (κ2) is 7.99. The Kier molecular flexibility index (Phi) is 5.29. The first kappa shape index (κ1) is 17.2. The van der Waals surface area contributed by atoms with Gasteiger partial charge in [0.15, 0.2) is 11.1 Å². The third-order valence-corrected chi connectivity index (χ3v) is 5.91. The van der Waals surface area contributed by atoms with Crippen molar-refractivity contribution in [3.8, 4) is 21.7 Å². The van der Waals surface area contributed by atoms with Crippen LogP contribution in [-0.4, -0.2) is 35.7 Å². The standard InChI is InChI=1S/C19H20N4OS2/c24-9-6-13-4-1-2-5-15(13)17-10-14(11-25-17)16-12-26-19(22-16)23-18-20-7-3-8-21-18/h1-2,4-5,10-12,24H,3,6-9H2,(H2,20,21,22,23). The Bertz CT molecular complexity index is 916. The van der Waals surface area contributed by atoms with E-state index in [2.05, 4.69) is 44.6 Å². The van der Waals surface area contributed by atoms with Crippen LogP contribution in [0.25, 0.3) is 21.7 Å². The molecule has 3 N–H and O–H groups in total. The summed E-state index contributed by atoms with van der Waals surface area (Å²) in [5.41, 5.74) is 4.44. The maximum atomic E-state index is 9.28. The molecule has 0 atom stereocenters. The predicted octanol–water partition coefficient (Wildman–Crippen LogP) is 3.83. The molecule has 0 amide bonds. The van der Waals surface area contributed by atoms with Crippen molar-refractivity contribution in [3.05, 3.63) is 46.7 Å². The Morgan fingerprint density at radius 1 is 1.19 bits per heavy atom. The zero-order chi connectivity index (χ0) is 17.8. The number of benzene rings is 1. The van der Waals surface area contributed by atoms with Gasteiger partial charge in [-0.2, -0.15) is 0 Å². The highest BCUT2D eigenvalue weighted by molar-refractivity contribution is 7.15. The van der Waals surface area contributed by atoms with Crippen LogP contribution in [0.2, 0.25) is 0 Å². The molecule has 0 bridgehead atoms. The van der Waals surface area contributed by atoms with Gasteiger partial charge in [-0.1, -0.05) is 24.3 Å². The average Bonchev–Trinajstić information content (AvgIpc) is 3.33. The fraction of sp³-hybridized carbons (Fsp3) is 0.263. The lowest BCUT2D eigenvalue weighted by molar-refractivity contribution is 0.300. The van der Waals surface area contributed by atoms with E-state index in [1.807, 2.05) is 12.1 Å². The highest BCUT2D eigenvalue weighted by atomic mass is 32.1. The minimum atomic E-state index is 0.161. The van der Waals surface area contributed by atoms with E-state index in [0.717, 1.165) is 41.9 Å². The van der Waals surface area contributed by atoms with Crippen molar-refractivity contribution >= 4 is 33.8 Å². The van der Waals surface area contributed by atoms with E-state index in [0.29, 0.717) is 6.42 Å². The molecule has 3 aromatic rings. The summed E-state index contributed by atoms with van der Waals surface area (Å²) in [6.07, 6.45) is 1.74. The molecule has 134 valence electrons. The molecular formula is C19H20N4OS2. The maximum Gasteiger partial charge on any atom is 0.197 e. The van der Waals surface area contributed by atoms with Gasteiger partial charge in [-0.15, -0.1) is 22.7 Å². The molecule has 0 saturated heterocycles. The van der Waals surface area contributed by atoms with Crippen LogP contribution in [0, 0.1) is 0 Å². The summed E-state index contributed by atoms with van der Waals surface area (Å²) in [5.74, 6) is 0.807. The highest BCUT2D eigenvalue weighted by Gasteiger charge is 2.12. The van der Waals surface area contributed by atoms with Crippen LogP contribution in [0.4, 0.5) is 5.13 Å². The number of guanidine groups is 1. The minimum Gasteiger partial charge on any atom is -0.396 e. The van der Waals surface area contributed by atoms with Gasteiger partial charge in [0.2, 0.25) is 0 Å². The number of nitrogens with zero attached hydrogens (tertiary/aromatic N) is 2. The average molecular weight is 385 g/mol. The number of aromatic nitrogens is 1. The van der Waals surface area contributed by atoms with E-state index in [-0.39, 0.29) is 6.61 Å².